The van der Waals surface area contributed by atoms with E-state index < -0.39 is 0 Å². The van der Waals surface area contributed by atoms with Gasteiger partial charge in [-0.15, -0.1) is 17.2 Å². The molecule has 1 fully saturated rings. The molecule has 4 atom stereocenters. The molecule has 0 aromatic heterocycles. The first kappa shape index (κ1) is 10.9. The molecule has 0 aliphatic heterocycles. The average Bonchev–Trinajstić information content (AvgIpc) is 2.01. The molecule has 0 aromatic carbocycles. The Kier molecular flexibility index (Phi) is 4.00. The predicted octanol–water partition coefficient (Wildman–Crippen LogP) is 3.55. The van der Waals surface area contributed by atoms with Crippen LogP contribution in [0.2, 0.25) is 0 Å². The summed E-state index contributed by atoms with van der Waals surface area (Å²) in [4.78, 5) is 0. The lowest BCUT2D eigenvalue weighted by molar-refractivity contribution is 0.255. The van der Waals surface area contributed by atoms with Gasteiger partial charge in [0.05, 0.1) is 0 Å². The lowest BCUT2D eigenvalue weighted by Crippen LogP contribution is -2.30. The van der Waals surface area contributed by atoms with Crippen molar-refractivity contribution in [3.8, 4) is 0 Å². The average molecular weight is 204 g/mol. The smallest absolute Gasteiger partial charge is 0.0228 e. The van der Waals surface area contributed by atoms with Crippen LogP contribution in [0, 0.1) is 5.41 Å². The van der Waals surface area contributed by atoms with Crippen LogP contribution in [-0.4, -0.2) is 24.6 Å². The Morgan fingerprint density at radius 2 is 1.42 bits per heavy atom. The molecule has 0 spiro atoms. The molecule has 0 aromatic rings. The van der Waals surface area contributed by atoms with E-state index in [9.17, 15) is 0 Å². The molecule has 0 amide bonds. The summed E-state index contributed by atoms with van der Waals surface area (Å²) in [6.45, 7) is 9.66. The maximum absolute atomic E-state index is 2.45. The Labute approximate surface area is 80.8 Å². The summed E-state index contributed by atoms with van der Waals surface area (Å²) in [7, 11) is 2.33. The fourth-order valence-corrected chi connectivity index (χ4v) is 5.16. The number of rotatable bonds is 2. The lowest BCUT2D eigenvalue weighted by atomic mass is 9.77. The quantitative estimate of drug-likeness (QED) is 0.603. The highest BCUT2D eigenvalue weighted by molar-refractivity contribution is 7.39. The van der Waals surface area contributed by atoms with E-state index in [4.69, 9.17) is 0 Å². The molecular formula is C10H22P2. The highest BCUT2D eigenvalue weighted by Crippen LogP contribution is 2.46. The second kappa shape index (κ2) is 4.39. The third kappa shape index (κ3) is 2.97. The van der Waals surface area contributed by atoms with Crippen LogP contribution in [0.1, 0.15) is 33.1 Å². The van der Waals surface area contributed by atoms with E-state index in [-0.39, 0.29) is 0 Å². The second-order valence-corrected chi connectivity index (χ2v) is 7.57. The Bertz CT molecular complexity index is 129. The number of hydrogen-bond donors (Lipinski definition) is 0. The van der Waals surface area contributed by atoms with Gasteiger partial charge in [-0.3, -0.25) is 0 Å². The van der Waals surface area contributed by atoms with Gasteiger partial charge in [0.2, 0.25) is 0 Å². The standard InChI is InChI=1S/C10H22P2/c1-10(2)6-8(11-3)5-9(7-10)12-4/h8-9,11-12H,5-7H2,1-4H3. The normalized spacial score (nSPS) is 37.0. The van der Waals surface area contributed by atoms with E-state index in [1.54, 1.807) is 0 Å². The molecule has 4 unspecified atom stereocenters. The number of hydrogen-bond acceptors (Lipinski definition) is 0. The topological polar surface area (TPSA) is 0 Å². The van der Waals surface area contributed by atoms with Gasteiger partial charge in [0.25, 0.3) is 0 Å². The summed E-state index contributed by atoms with van der Waals surface area (Å²) >= 11 is 0. The van der Waals surface area contributed by atoms with Crippen LogP contribution in [0.15, 0.2) is 0 Å². The molecule has 0 radical (unpaired) electrons. The van der Waals surface area contributed by atoms with Gasteiger partial charge in [0, 0.05) is 0 Å². The first-order valence-electron chi connectivity index (χ1n) is 4.92. The van der Waals surface area contributed by atoms with Crippen molar-refractivity contribution in [1.29, 1.82) is 0 Å². The van der Waals surface area contributed by atoms with Gasteiger partial charge < -0.3 is 0 Å². The zero-order valence-electron chi connectivity index (χ0n) is 8.78. The lowest BCUT2D eigenvalue weighted by Gasteiger charge is -2.39. The Morgan fingerprint density at radius 3 is 1.75 bits per heavy atom. The van der Waals surface area contributed by atoms with Crippen molar-refractivity contribution in [2.75, 3.05) is 13.3 Å². The van der Waals surface area contributed by atoms with Crippen LogP contribution in [0.25, 0.3) is 0 Å². The highest BCUT2D eigenvalue weighted by Gasteiger charge is 2.32. The Hall–Kier alpha value is 0.860. The van der Waals surface area contributed by atoms with E-state index in [0.29, 0.717) is 5.41 Å². The van der Waals surface area contributed by atoms with Gasteiger partial charge in [0.15, 0.2) is 0 Å². The Balaban J connectivity index is 2.53. The Morgan fingerprint density at radius 1 is 1.00 bits per heavy atom. The van der Waals surface area contributed by atoms with Gasteiger partial charge in [-0.1, -0.05) is 13.8 Å². The van der Waals surface area contributed by atoms with Crippen molar-refractivity contribution in [2.45, 2.75) is 44.4 Å². The van der Waals surface area contributed by atoms with Gasteiger partial charge in [0.1, 0.15) is 0 Å². The second-order valence-electron chi connectivity index (χ2n) is 4.78. The minimum atomic E-state index is 0.638. The molecule has 0 nitrogen and oxygen atoms in total. The zero-order chi connectivity index (χ0) is 9.19. The van der Waals surface area contributed by atoms with Crippen molar-refractivity contribution in [3.05, 3.63) is 0 Å². The summed E-state index contributed by atoms with van der Waals surface area (Å²) < 4.78 is 0. The van der Waals surface area contributed by atoms with Crippen molar-refractivity contribution in [1.82, 2.24) is 0 Å². The van der Waals surface area contributed by atoms with Gasteiger partial charge >= 0.3 is 0 Å². The molecule has 1 aliphatic carbocycles. The third-order valence-corrected chi connectivity index (χ3v) is 5.50. The molecule has 1 aliphatic rings. The molecule has 1 rings (SSSR count). The van der Waals surface area contributed by atoms with E-state index in [1.807, 2.05) is 0 Å². The van der Waals surface area contributed by atoms with Crippen molar-refractivity contribution in [2.24, 2.45) is 5.41 Å². The minimum absolute atomic E-state index is 0.638. The molecule has 72 valence electrons. The van der Waals surface area contributed by atoms with Crippen LogP contribution in [0.4, 0.5) is 0 Å². The molecule has 0 N–H and O–H groups in total. The summed E-state index contributed by atoms with van der Waals surface area (Å²) in [5.74, 6) is 0. The first-order chi connectivity index (χ1) is 5.57. The third-order valence-electron chi connectivity index (χ3n) is 2.98. The van der Waals surface area contributed by atoms with Gasteiger partial charge in [-0.05, 0) is 49.3 Å². The first-order valence-corrected chi connectivity index (χ1v) is 8.07. The molecule has 0 saturated heterocycles. The van der Waals surface area contributed by atoms with E-state index in [1.165, 1.54) is 36.4 Å². The maximum atomic E-state index is 2.45. The minimum Gasteiger partial charge on any atom is -0.122 e. The van der Waals surface area contributed by atoms with Crippen molar-refractivity contribution >= 4 is 17.2 Å². The highest BCUT2D eigenvalue weighted by atomic mass is 31.1. The van der Waals surface area contributed by atoms with E-state index in [2.05, 4.69) is 27.2 Å². The molecule has 12 heavy (non-hydrogen) atoms. The summed E-state index contributed by atoms with van der Waals surface area (Å²) in [6, 6.07) is 0. The molecule has 1 saturated carbocycles. The molecule has 0 bridgehead atoms. The fraction of sp³-hybridized carbons (Fsp3) is 1.00. The zero-order valence-corrected chi connectivity index (χ0v) is 10.8. The van der Waals surface area contributed by atoms with Crippen LogP contribution in [0.5, 0.6) is 0 Å². The largest absolute Gasteiger partial charge is 0.122 e. The van der Waals surface area contributed by atoms with Crippen LogP contribution < -0.4 is 0 Å². The molecule has 0 heterocycles. The molecule has 2 heteroatoms. The summed E-state index contributed by atoms with van der Waals surface area (Å²) in [6.07, 6.45) is 4.47. The van der Waals surface area contributed by atoms with Crippen LogP contribution in [-0.2, 0) is 0 Å². The summed E-state index contributed by atoms with van der Waals surface area (Å²) in [5, 5.41) is 0. The van der Waals surface area contributed by atoms with Gasteiger partial charge in [-0.25, -0.2) is 0 Å². The van der Waals surface area contributed by atoms with Crippen molar-refractivity contribution < 1.29 is 0 Å². The summed E-state index contributed by atoms with van der Waals surface area (Å²) in [5.41, 5.74) is 2.73. The predicted molar refractivity (Wildman–Crippen MR) is 63.7 cm³/mol. The molecular weight excluding hydrogens is 182 g/mol. The maximum Gasteiger partial charge on any atom is -0.0228 e. The SMILES string of the molecule is CPC1CC(PC)CC(C)(C)C1. The van der Waals surface area contributed by atoms with Crippen LogP contribution >= 0.6 is 17.2 Å². The van der Waals surface area contributed by atoms with Crippen molar-refractivity contribution in [3.63, 3.8) is 0 Å². The monoisotopic (exact) mass is 204 g/mol. The fourth-order valence-electron chi connectivity index (χ4n) is 2.37. The van der Waals surface area contributed by atoms with Gasteiger partial charge in [-0.2, -0.15) is 0 Å². The van der Waals surface area contributed by atoms with E-state index >= 15 is 0 Å². The van der Waals surface area contributed by atoms with E-state index in [0.717, 1.165) is 11.3 Å². The van der Waals surface area contributed by atoms with Crippen LogP contribution in [0.3, 0.4) is 0 Å².